The molecule has 3 aromatic rings. The first-order valence-electron chi connectivity index (χ1n) is 9.29. The summed E-state index contributed by atoms with van der Waals surface area (Å²) < 4.78 is 5.31. The number of nitro groups is 1. The highest BCUT2D eigenvalue weighted by Gasteiger charge is 2.23. The highest BCUT2D eigenvalue weighted by Crippen LogP contribution is 2.31. The van der Waals surface area contributed by atoms with E-state index >= 15 is 0 Å². The van der Waals surface area contributed by atoms with Crippen LogP contribution < -0.4 is 26.2 Å². The zero-order valence-electron chi connectivity index (χ0n) is 16.9. The van der Waals surface area contributed by atoms with Crippen molar-refractivity contribution in [2.24, 2.45) is 0 Å². The molecule has 0 unspecified atom stereocenters. The van der Waals surface area contributed by atoms with Crippen LogP contribution in [0.3, 0.4) is 0 Å². The summed E-state index contributed by atoms with van der Waals surface area (Å²) in [5, 5.41) is 17.1. The summed E-state index contributed by atoms with van der Waals surface area (Å²) in [7, 11) is 0. The molecule has 0 aliphatic rings. The molecule has 0 aliphatic carbocycles. The summed E-state index contributed by atoms with van der Waals surface area (Å²) in [4.78, 5) is 41.8. The number of rotatable bonds is 9. The first kappa shape index (κ1) is 22.0. The fourth-order valence-electron chi connectivity index (χ4n) is 2.54. The van der Waals surface area contributed by atoms with Gasteiger partial charge in [-0.1, -0.05) is 18.2 Å². The van der Waals surface area contributed by atoms with Gasteiger partial charge in [0.2, 0.25) is 17.5 Å². The summed E-state index contributed by atoms with van der Waals surface area (Å²) >= 11 is 0. The lowest BCUT2D eigenvalue weighted by Gasteiger charge is -2.11. The van der Waals surface area contributed by atoms with Crippen LogP contribution in [0.2, 0.25) is 0 Å². The predicted octanol–water partition coefficient (Wildman–Crippen LogP) is 2.61. The summed E-state index contributed by atoms with van der Waals surface area (Å²) in [6.07, 6.45) is 1.11. The highest BCUT2D eigenvalue weighted by atomic mass is 16.6. The number of hydrazine groups is 1. The molecule has 4 N–H and O–H groups in total. The molecule has 3 rings (SSSR count). The molecular formula is C20H19N7O5. The van der Waals surface area contributed by atoms with Crippen molar-refractivity contribution in [3.63, 3.8) is 0 Å². The number of hydrogen-bond donors (Lipinski definition) is 4. The largest absolute Gasteiger partial charge is 0.484 e. The average Bonchev–Trinajstić information content (AvgIpc) is 2.78. The van der Waals surface area contributed by atoms with E-state index in [9.17, 15) is 19.7 Å². The van der Waals surface area contributed by atoms with Crippen molar-refractivity contribution in [1.29, 1.82) is 0 Å². The van der Waals surface area contributed by atoms with E-state index < -0.39 is 16.5 Å². The first-order chi connectivity index (χ1) is 15.4. The normalized spacial score (nSPS) is 10.0. The minimum atomic E-state index is -0.678. The Labute approximate surface area is 182 Å². The summed E-state index contributed by atoms with van der Waals surface area (Å²) in [5.74, 6) is -0.578. The molecule has 2 amide bonds. The van der Waals surface area contributed by atoms with Gasteiger partial charge in [0.1, 0.15) is 12.1 Å². The SMILES string of the molecule is CC(=O)Nc1ccc(Nc2ncnc(NNC(=O)COc3ccccc3)c2[N+](=O)[O-])cc1. The quantitative estimate of drug-likeness (QED) is 0.291. The average molecular weight is 437 g/mol. The number of carbonyl (C=O) groups is 2. The highest BCUT2D eigenvalue weighted by molar-refractivity contribution is 5.89. The van der Waals surface area contributed by atoms with Gasteiger partial charge in [-0.25, -0.2) is 9.97 Å². The van der Waals surface area contributed by atoms with Gasteiger partial charge in [0.05, 0.1) is 4.92 Å². The van der Waals surface area contributed by atoms with Crippen LogP contribution in [0.15, 0.2) is 60.9 Å². The molecule has 0 radical (unpaired) electrons. The Morgan fingerprint density at radius 2 is 1.66 bits per heavy atom. The molecule has 1 aromatic heterocycles. The lowest BCUT2D eigenvalue weighted by atomic mass is 10.2. The number of aromatic nitrogens is 2. The van der Waals surface area contributed by atoms with Crippen molar-refractivity contribution in [3.05, 3.63) is 71.0 Å². The maximum absolute atomic E-state index is 12.0. The summed E-state index contributed by atoms with van der Waals surface area (Å²) in [6.45, 7) is 1.08. The Bertz CT molecular complexity index is 1110. The minimum absolute atomic E-state index is 0.0884. The molecule has 164 valence electrons. The molecule has 0 fully saturated rings. The zero-order chi connectivity index (χ0) is 22.9. The molecule has 12 nitrogen and oxygen atoms in total. The van der Waals surface area contributed by atoms with Gasteiger partial charge in [0.15, 0.2) is 6.61 Å². The van der Waals surface area contributed by atoms with E-state index in [4.69, 9.17) is 4.74 Å². The van der Waals surface area contributed by atoms with Crippen LogP contribution in [0.25, 0.3) is 0 Å². The fraction of sp³-hybridized carbons (Fsp3) is 0.100. The Morgan fingerprint density at radius 1 is 1.00 bits per heavy atom. The lowest BCUT2D eigenvalue weighted by Crippen LogP contribution is -2.34. The van der Waals surface area contributed by atoms with E-state index in [1.807, 2.05) is 6.07 Å². The molecule has 0 spiro atoms. The predicted molar refractivity (Wildman–Crippen MR) is 116 cm³/mol. The van der Waals surface area contributed by atoms with Crippen LogP contribution >= 0.6 is 0 Å². The number of nitrogens with zero attached hydrogens (tertiary/aromatic N) is 3. The third-order valence-corrected chi connectivity index (χ3v) is 3.91. The van der Waals surface area contributed by atoms with E-state index in [1.165, 1.54) is 6.92 Å². The van der Waals surface area contributed by atoms with Crippen molar-refractivity contribution < 1.29 is 19.2 Å². The van der Waals surface area contributed by atoms with Crippen molar-refractivity contribution in [2.75, 3.05) is 22.7 Å². The molecule has 0 aliphatic heterocycles. The van der Waals surface area contributed by atoms with Gasteiger partial charge >= 0.3 is 5.69 Å². The van der Waals surface area contributed by atoms with Crippen LogP contribution in [-0.4, -0.2) is 33.3 Å². The smallest absolute Gasteiger partial charge is 0.355 e. The Morgan fingerprint density at radius 3 is 2.31 bits per heavy atom. The number of para-hydroxylation sites is 1. The molecule has 2 aromatic carbocycles. The van der Waals surface area contributed by atoms with E-state index in [0.29, 0.717) is 17.1 Å². The fourth-order valence-corrected chi connectivity index (χ4v) is 2.54. The number of ether oxygens (including phenoxy) is 1. The van der Waals surface area contributed by atoms with Gasteiger partial charge in [-0.15, -0.1) is 0 Å². The van der Waals surface area contributed by atoms with Crippen LogP contribution in [0.1, 0.15) is 6.92 Å². The second-order valence-corrected chi connectivity index (χ2v) is 6.34. The van der Waals surface area contributed by atoms with Crippen molar-refractivity contribution >= 4 is 40.5 Å². The van der Waals surface area contributed by atoms with E-state index in [2.05, 4.69) is 31.5 Å². The van der Waals surface area contributed by atoms with Gasteiger partial charge in [0, 0.05) is 18.3 Å². The number of anilines is 4. The van der Waals surface area contributed by atoms with Crippen molar-refractivity contribution in [3.8, 4) is 5.75 Å². The molecule has 0 bridgehead atoms. The molecule has 12 heteroatoms. The number of benzene rings is 2. The van der Waals surface area contributed by atoms with Gasteiger partial charge in [-0.3, -0.25) is 30.6 Å². The zero-order valence-corrected chi connectivity index (χ0v) is 16.9. The molecular weight excluding hydrogens is 418 g/mol. The second kappa shape index (κ2) is 10.3. The third-order valence-electron chi connectivity index (χ3n) is 3.91. The maximum atomic E-state index is 12.0. The Balaban J connectivity index is 1.67. The maximum Gasteiger partial charge on any atom is 0.355 e. The van der Waals surface area contributed by atoms with Crippen LogP contribution in [0, 0.1) is 10.1 Å². The molecule has 0 atom stereocenters. The lowest BCUT2D eigenvalue weighted by molar-refractivity contribution is -0.383. The van der Waals surface area contributed by atoms with E-state index in [1.54, 1.807) is 48.5 Å². The minimum Gasteiger partial charge on any atom is -0.484 e. The monoisotopic (exact) mass is 437 g/mol. The van der Waals surface area contributed by atoms with Gasteiger partial charge < -0.3 is 15.4 Å². The van der Waals surface area contributed by atoms with Gasteiger partial charge in [-0.05, 0) is 36.4 Å². The second-order valence-electron chi connectivity index (χ2n) is 6.34. The molecule has 32 heavy (non-hydrogen) atoms. The number of hydrogen-bond acceptors (Lipinski definition) is 9. The Kier molecular flexibility index (Phi) is 7.09. The first-order valence-corrected chi connectivity index (χ1v) is 9.29. The molecule has 0 saturated heterocycles. The standard InChI is InChI=1S/C20H19N7O5/c1-13(28)23-14-7-9-15(10-8-14)24-19-18(27(30)31)20(22-12-21-19)26-25-17(29)11-32-16-5-3-2-4-6-16/h2-10,12H,11H2,1H3,(H,23,28)(H,25,29)(H2,21,22,24,26). The van der Waals surface area contributed by atoms with Gasteiger partial charge in [-0.2, -0.15) is 0 Å². The van der Waals surface area contributed by atoms with Crippen LogP contribution in [0.5, 0.6) is 5.75 Å². The van der Waals surface area contributed by atoms with E-state index in [0.717, 1.165) is 6.33 Å². The molecule has 0 saturated carbocycles. The topological polar surface area (TPSA) is 160 Å². The van der Waals surface area contributed by atoms with Crippen LogP contribution in [-0.2, 0) is 9.59 Å². The molecule has 1 heterocycles. The summed E-state index contributed by atoms with van der Waals surface area (Å²) in [5.41, 5.74) is 5.33. The van der Waals surface area contributed by atoms with Crippen molar-refractivity contribution in [2.45, 2.75) is 6.92 Å². The van der Waals surface area contributed by atoms with Gasteiger partial charge in [0.25, 0.3) is 5.91 Å². The van der Waals surface area contributed by atoms with Crippen molar-refractivity contribution in [1.82, 2.24) is 15.4 Å². The Hall–Kier alpha value is -4.74. The summed E-state index contributed by atoms with van der Waals surface area (Å²) in [6, 6.07) is 15.2. The number of amides is 2. The third kappa shape index (κ3) is 6.13. The van der Waals surface area contributed by atoms with E-state index in [-0.39, 0.29) is 24.1 Å². The number of carbonyl (C=O) groups excluding carboxylic acids is 2. The van der Waals surface area contributed by atoms with Crippen LogP contribution in [0.4, 0.5) is 28.7 Å². The number of nitrogens with one attached hydrogen (secondary N) is 4.